The summed E-state index contributed by atoms with van der Waals surface area (Å²) >= 11 is 0. The Morgan fingerprint density at radius 3 is 2.73 bits per heavy atom. The van der Waals surface area contributed by atoms with Crippen molar-refractivity contribution in [2.75, 3.05) is 7.05 Å². The third-order valence-electron chi connectivity index (χ3n) is 5.51. The molecule has 0 radical (unpaired) electrons. The number of piperidine rings is 2. The van der Waals surface area contributed by atoms with E-state index in [0.717, 1.165) is 29.3 Å². The number of benzene rings is 1. The van der Waals surface area contributed by atoms with Crippen molar-refractivity contribution in [2.45, 2.75) is 50.2 Å². The highest BCUT2D eigenvalue weighted by atomic mass is 16.1. The molecular formula is C18H23N3O. The average molecular weight is 297 g/mol. The fourth-order valence-corrected chi connectivity index (χ4v) is 4.26. The standard InChI is InChI=1S/C18H23N3O/c1-21-13-5-4-6-14(21)10-12(9-13)20-18(22)16-11-19-17-8-3-2-7-15(16)17/h2-3,7-8,11-14,19H,4-6,9-10H2,1H3,(H,20,22). The molecule has 4 rings (SSSR count). The van der Waals surface area contributed by atoms with Gasteiger partial charge in [0.15, 0.2) is 0 Å². The summed E-state index contributed by atoms with van der Waals surface area (Å²) in [6.07, 6.45) is 7.87. The number of carbonyl (C=O) groups excluding carboxylic acids is 1. The van der Waals surface area contributed by atoms with Gasteiger partial charge >= 0.3 is 0 Å². The average Bonchev–Trinajstić information content (AvgIpc) is 2.92. The maximum atomic E-state index is 12.6. The van der Waals surface area contributed by atoms with Gasteiger partial charge in [0, 0.05) is 35.2 Å². The Hall–Kier alpha value is -1.81. The van der Waals surface area contributed by atoms with E-state index < -0.39 is 0 Å². The van der Waals surface area contributed by atoms with Crippen molar-refractivity contribution in [1.82, 2.24) is 15.2 Å². The number of para-hydroxylation sites is 1. The first kappa shape index (κ1) is 13.8. The predicted octanol–water partition coefficient (Wildman–Crippen LogP) is 2.91. The van der Waals surface area contributed by atoms with Gasteiger partial charge in [0.2, 0.25) is 0 Å². The predicted molar refractivity (Wildman–Crippen MR) is 88.0 cm³/mol. The van der Waals surface area contributed by atoms with Gasteiger partial charge in [-0.1, -0.05) is 24.6 Å². The molecule has 2 aliphatic rings. The number of aromatic nitrogens is 1. The number of carbonyl (C=O) groups is 1. The van der Waals surface area contributed by atoms with Gasteiger partial charge in [0.25, 0.3) is 5.91 Å². The highest BCUT2D eigenvalue weighted by Crippen LogP contribution is 2.32. The Morgan fingerprint density at radius 2 is 1.95 bits per heavy atom. The van der Waals surface area contributed by atoms with Crippen molar-refractivity contribution in [3.8, 4) is 0 Å². The van der Waals surface area contributed by atoms with Crippen LogP contribution in [0.5, 0.6) is 0 Å². The SMILES string of the molecule is CN1C2CCCC1CC(NC(=O)c1c[nH]c3ccccc13)C2. The minimum atomic E-state index is 0.0603. The zero-order valence-electron chi connectivity index (χ0n) is 13.0. The smallest absolute Gasteiger partial charge is 0.253 e. The van der Waals surface area contributed by atoms with Crippen molar-refractivity contribution in [2.24, 2.45) is 0 Å². The molecule has 2 saturated heterocycles. The molecule has 2 N–H and O–H groups in total. The molecule has 1 aromatic heterocycles. The lowest BCUT2D eigenvalue weighted by Gasteiger charge is -2.47. The van der Waals surface area contributed by atoms with Gasteiger partial charge < -0.3 is 15.2 Å². The van der Waals surface area contributed by atoms with Gasteiger partial charge in [0.05, 0.1) is 5.56 Å². The summed E-state index contributed by atoms with van der Waals surface area (Å²) in [6.45, 7) is 0. The van der Waals surface area contributed by atoms with Crippen molar-refractivity contribution < 1.29 is 4.79 Å². The monoisotopic (exact) mass is 297 g/mol. The summed E-state index contributed by atoms with van der Waals surface area (Å²) in [4.78, 5) is 18.4. The molecular weight excluding hydrogens is 274 g/mol. The lowest BCUT2D eigenvalue weighted by atomic mass is 9.82. The molecule has 116 valence electrons. The molecule has 2 aromatic rings. The molecule has 3 heterocycles. The Kier molecular flexibility index (Phi) is 3.41. The normalized spacial score (nSPS) is 28.7. The van der Waals surface area contributed by atoms with E-state index in [-0.39, 0.29) is 5.91 Å². The van der Waals surface area contributed by atoms with Gasteiger partial charge in [-0.25, -0.2) is 0 Å². The van der Waals surface area contributed by atoms with E-state index in [0.29, 0.717) is 18.1 Å². The van der Waals surface area contributed by atoms with Crippen molar-refractivity contribution in [3.63, 3.8) is 0 Å². The van der Waals surface area contributed by atoms with Gasteiger partial charge in [-0.2, -0.15) is 0 Å². The fourth-order valence-electron chi connectivity index (χ4n) is 4.26. The Bertz CT molecular complexity index is 678. The number of H-pyrrole nitrogens is 1. The van der Waals surface area contributed by atoms with Crippen molar-refractivity contribution in [3.05, 3.63) is 36.0 Å². The number of fused-ring (bicyclic) bond motifs is 3. The number of hydrogen-bond donors (Lipinski definition) is 2. The quantitative estimate of drug-likeness (QED) is 0.895. The van der Waals surface area contributed by atoms with Gasteiger partial charge in [-0.3, -0.25) is 4.79 Å². The number of hydrogen-bond acceptors (Lipinski definition) is 2. The summed E-state index contributed by atoms with van der Waals surface area (Å²) in [5.41, 5.74) is 1.78. The summed E-state index contributed by atoms with van der Waals surface area (Å²) in [6, 6.07) is 9.57. The van der Waals surface area contributed by atoms with Crippen LogP contribution < -0.4 is 5.32 Å². The third-order valence-corrected chi connectivity index (χ3v) is 5.51. The molecule has 4 heteroatoms. The molecule has 22 heavy (non-hydrogen) atoms. The van der Waals surface area contributed by atoms with Crippen LogP contribution >= 0.6 is 0 Å². The van der Waals surface area contributed by atoms with Crippen LogP contribution in [0, 0.1) is 0 Å². The van der Waals surface area contributed by atoms with Crippen LogP contribution in [-0.2, 0) is 0 Å². The van der Waals surface area contributed by atoms with Gasteiger partial charge in [-0.05, 0) is 38.8 Å². The maximum Gasteiger partial charge on any atom is 0.253 e. The van der Waals surface area contributed by atoms with Gasteiger partial charge in [-0.15, -0.1) is 0 Å². The molecule has 0 saturated carbocycles. The molecule has 2 bridgehead atoms. The molecule has 0 spiro atoms. The number of nitrogens with one attached hydrogen (secondary N) is 2. The molecule has 1 amide bonds. The Balaban J connectivity index is 1.50. The molecule has 2 atom stereocenters. The van der Waals surface area contributed by atoms with E-state index in [1.54, 1.807) is 0 Å². The zero-order chi connectivity index (χ0) is 15.1. The van der Waals surface area contributed by atoms with E-state index in [9.17, 15) is 4.79 Å². The Morgan fingerprint density at radius 1 is 1.23 bits per heavy atom. The van der Waals surface area contributed by atoms with Crippen molar-refractivity contribution >= 4 is 16.8 Å². The maximum absolute atomic E-state index is 12.6. The van der Waals surface area contributed by atoms with Crippen LogP contribution in [0.25, 0.3) is 10.9 Å². The largest absolute Gasteiger partial charge is 0.360 e. The fraction of sp³-hybridized carbons (Fsp3) is 0.500. The lowest BCUT2D eigenvalue weighted by molar-refractivity contribution is 0.0463. The first-order chi connectivity index (χ1) is 10.7. The number of nitrogens with zero attached hydrogens (tertiary/aromatic N) is 1. The van der Waals surface area contributed by atoms with E-state index in [4.69, 9.17) is 0 Å². The second-order valence-corrected chi connectivity index (χ2v) is 6.79. The lowest BCUT2D eigenvalue weighted by Crippen LogP contribution is -2.55. The minimum absolute atomic E-state index is 0.0603. The molecule has 4 nitrogen and oxygen atoms in total. The number of amides is 1. The summed E-state index contributed by atoms with van der Waals surface area (Å²) in [5.74, 6) is 0.0603. The minimum Gasteiger partial charge on any atom is -0.360 e. The number of rotatable bonds is 2. The van der Waals surface area contributed by atoms with Crippen molar-refractivity contribution in [1.29, 1.82) is 0 Å². The topological polar surface area (TPSA) is 48.1 Å². The summed E-state index contributed by atoms with van der Waals surface area (Å²) < 4.78 is 0. The van der Waals surface area contributed by atoms with E-state index in [1.165, 1.54) is 19.3 Å². The van der Waals surface area contributed by atoms with Crippen LogP contribution in [0.15, 0.2) is 30.5 Å². The van der Waals surface area contributed by atoms with E-state index in [2.05, 4.69) is 22.2 Å². The zero-order valence-corrected chi connectivity index (χ0v) is 13.0. The first-order valence-electron chi connectivity index (χ1n) is 8.31. The summed E-state index contributed by atoms with van der Waals surface area (Å²) in [5, 5.41) is 4.28. The van der Waals surface area contributed by atoms with Crippen LogP contribution in [-0.4, -0.2) is 41.0 Å². The molecule has 2 aliphatic heterocycles. The second-order valence-electron chi connectivity index (χ2n) is 6.79. The van der Waals surface area contributed by atoms with Crippen LogP contribution in [0.4, 0.5) is 0 Å². The first-order valence-corrected chi connectivity index (χ1v) is 8.31. The highest BCUT2D eigenvalue weighted by molar-refractivity contribution is 6.06. The highest BCUT2D eigenvalue weighted by Gasteiger charge is 2.36. The molecule has 1 aromatic carbocycles. The Labute approximate surface area is 130 Å². The second kappa shape index (κ2) is 5.43. The van der Waals surface area contributed by atoms with E-state index >= 15 is 0 Å². The molecule has 2 fully saturated rings. The van der Waals surface area contributed by atoms with Crippen LogP contribution in [0.1, 0.15) is 42.5 Å². The van der Waals surface area contributed by atoms with Crippen LogP contribution in [0.2, 0.25) is 0 Å². The number of aromatic amines is 1. The molecule has 0 aliphatic carbocycles. The van der Waals surface area contributed by atoms with Crippen LogP contribution in [0.3, 0.4) is 0 Å². The summed E-state index contributed by atoms with van der Waals surface area (Å²) in [7, 11) is 2.24. The third kappa shape index (κ3) is 2.31. The van der Waals surface area contributed by atoms with Gasteiger partial charge in [0.1, 0.15) is 0 Å². The van der Waals surface area contributed by atoms with E-state index in [1.807, 2.05) is 30.5 Å². The molecule has 2 unspecified atom stereocenters.